The summed E-state index contributed by atoms with van der Waals surface area (Å²) in [4.78, 5) is 13.9. The van der Waals surface area contributed by atoms with Crippen LogP contribution in [0.4, 0.5) is 14.5 Å². The van der Waals surface area contributed by atoms with Gasteiger partial charge in [-0.3, -0.25) is 9.69 Å². The molecule has 0 saturated carbocycles. The van der Waals surface area contributed by atoms with Gasteiger partial charge in [0, 0.05) is 46.0 Å². The average Bonchev–Trinajstić information content (AvgIpc) is 2.56. The largest absolute Gasteiger partial charge is 0.435 e. The normalized spacial score (nSPS) is 16.8. The van der Waals surface area contributed by atoms with Gasteiger partial charge in [-0.25, -0.2) is 0 Å². The second kappa shape index (κ2) is 8.71. The van der Waals surface area contributed by atoms with E-state index in [4.69, 9.17) is 0 Å². The average molecular weight is 392 g/mol. The second-order valence-corrected chi connectivity index (χ2v) is 8.06. The molecule has 1 heterocycles. The highest BCUT2D eigenvalue weighted by Crippen LogP contribution is 2.18. The standard InChI is InChI=1S/C15H22F2N4O4S/c1-19(2)26(23,24)21-9-7-20(8-10-21)11-14(22)18-12-3-5-13(6-4-12)25-15(16)17/h3-6,15H,7-11H2,1-2H3,(H,18,22). The summed E-state index contributed by atoms with van der Waals surface area (Å²) in [6.45, 7) is -1.26. The number of rotatable bonds is 7. The van der Waals surface area contributed by atoms with Crippen LogP contribution in [0.5, 0.6) is 5.75 Å². The molecule has 1 N–H and O–H groups in total. The van der Waals surface area contributed by atoms with Crippen molar-refractivity contribution in [1.82, 2.24) is 13.5 Å². The van der Waals surface area contributed by atoms with Gasteiger partial charge in [0.1, 0.15) is 5.75 Å². The van der Waals surface area contributed by atoms with Crippen LogP contribution in [0, 0.1) is 0 Å². The predicted octanol–water partition coefficient (Wildman–Crippen LogP) is 0.651. The van der Waals surface area contributed by atoms with E-state index in [0.717, 1.165) is 4.31 Å². The summed E-state index contributed by atoms with van der Waals surface area (Å²) >= 11 is 0. The number of ether oxygens (including phenoxy) is 1. The molecule has 26 heavy (non-hydrogen) atoms. The lowest BCUT2D eigenvalue weighted by Gasteiger charge is -2.34. The van der Waals surface area contributed by atoms with Crippen molar-refractivity contribution in [3.05, 3.63) is 24.3 Å². The molecule has 1 fully saturated rings. The number of hydrogen-bond donors (Lipinski definition) is 1. The number of nitrogens with zero attached hydrogens (tertiary/aromatic N) is 3. The van der Waals surface area contributed by atoms with Crippen molar-refractivity contribution >= 4 is 21.8 Å². The van der Waals surface area contributed by atoms with Gasteiger partial charge in [0.2, 0.25) is 5.91 Å². The molecule has 1 saturated heterocycles. The Labute approximate surface area is 151 Å². The minimum absolute atomic E-state index is 0.0104. The highest BCUT2D eigenvalue weighted by Gasteiger charge is 2.29. The van der Waals surface area contributed by atoms with Gasteiger partial charge in [0.05, 0.1) is 6.54 Å². The number of piperazine rings is 1. The van der Waals surface area contributed by atoms with Crippen LogP contribution in [0.3, 0.4) is 0 Å². The lowest BCUT2D eigenvalue weighted by molar-refractivity contribution is -0.117. The Morgan fingerprint density at radius 1 is 1.19 bits per heavy atom. The zero-order valence-corrected chi connectivity index (χ0v) is 15.4. The lowest BCUT2D eigenvalue weighted by atomic mass is 10.3. The van der Waals surface area contributed by atoms with Crippen molar-refractivity contribution in [1.29, 1.82) is 0 Å². The number of nitrogens with one attached hydrogen (secondary N) is 1. The van der Waals surface area contributed by atoms with Gasteiger partial charge >= 0.3 is 6.61 Å². The Hall–Kier alpha value is -1.82. The third-order valence-electron chi connectivity index (χ3n) is 3.85. The Kier molecular flexibility index (Phi) is 6.87. The first-order valence-corrected chi connectivity index (χ1v) is 9.33. The van der Waals surface area contributed by atoms with Crippen LogP contribution in [-0.4, -0.2) is 81.3 Å². The minimum Gasteiger partial charge on any atom is -0.435 e. The Morgan fingerprint density at radius 2 is 1.77 bits per heavy atom. The van der Waals surface area contributed by atoms with Crippen LogP contribution < -0.4 is 10.1 Å². The first-order chi connectivity index (χ1) is 12.2. The summed E-state index contributed by atoms with van der Waals surface area (Å²) in [5.74, 6) is -0.257. The number of carbonyl (C=O) groups is 1. The lowest BCUT2D eigenvalue weighted by Crippen LogP contribution is -2.52. The van der Waals surface area contributed by atoms with E-state index in [1.165, 1.54) is 42.7 Å². The number of carbonyl (C=O) groups excluding carboxylic acids is 1. The summed E-state index contributed by atoms with van der Waals surface area (Å²) in [5, 5.41) is 2.67. The third-order valence-corrected chi connectivity index (χ3v) is 5.79. The summed E-state index contributed by atoms with van der Waals surface area (Å²) in [6, 6.07) is 5.62. The van der Waals surface area contributed by atoms with Crippen LogP contribution in [0.2, 0.25) is 0 Å². The van der Waals surface area contributed by atoms with Crippen molar-refractivity contribution in [3.63, 3.8) is 0 Å². The molecule has 0 aromatic heterocycles. The quantitative estimate of drug-likeness (QED) is 0.737. The number of alkyl halides is 2. The van der Waals surface area contributed by atoms with Gasteiger partial charge in [0.15, 0.2) is 0 Å². The summed E-state index contributed by atoms with van der Waals surface area (Å²) in [6.07, 6.45) is 0. The van der Waals surface area contributed by atoms with E-state index in [0.29, 0.717) is 31.9 Å². The maximum Gasteiger partial charge on any atom is 0.387 e. The molecule has 1 aromatic carbocycles. The number of benzene rings is 1. The zero-order chi connectivity index (χ0) is 19.3. The fourth-order valence-electron chi connectivity index (χ4n) is 2.47. The Bertz CT molecular complexity index is 705. The Balaban J connectivity index is 1.80. The number of amides is 1. The monoisotopic (exact) mass is 392 g/mol. The molecule has 0 unspecified atom stereocenters. The van der Waals surface area contributed by atoms with E-state index in [1.54, 1.807) is 0 Å². The maximum atomic E-state index is 12.1. The third kappa shape index (κ3) is 5.59. The van der Waals surface area contributed by atoms with E-state index in [1.807, 2.05) is 4.90 Å². The van der Waals surface area contributed by atoms with Crippen LogP contribution in [-0.2, 0) is 15.0 Å². The molecule has 8 nitrogen and oxygen atoms in total. The molecule has 146 valence electrons. The van der Waals surface area contributed by atoms with E-state index >= 15 is 0 Å². The highest BCUT2D eigenvalue weighted by molar-refractivity contribution is 7.86. The van der Waals surface area contributed by atoms with Crippen LogP contribution in [0.15, 0.2) is 24.3 Å². The molecular formula is C15H22F2N4O4S. The van der Waals surface area contributed by atoms with Crippen molar-refractivity contribution in [2.45, 2.75) is 6.61 Å². The summed E-state index contributed by atoms with van der Waals surface area (Å²) < 4.78 is 55.1. The summed E-state index contributed by atoms with van der Waals surface area (Å²) in [5.41, 5.74) is 0.463. The second-order valence-electron chi connectivity index (χ2n) is 5.92. The molecule has 0 bridgehead atoms. The SMILES string of the molecule is CN(C)S(=O)(=O)N1CCN(CC(=O)Nc2ccc(OC(F)F)cc2)CC1. The van der Waals surface area contributed by atoms with Crippen molar-refractivity contribution in [2.75, 3.05) is 52.1 Å². The first-order valence-electron chi connectivity index (χ1n) is 7.93. The molecule has 0 aliphatic carbocycles. The van der Waals surface area contributed by atoms with Crippen molar-refractivity contribution in [2.24, 2.45) is 0 Å². The van der Waals surface area contributed by atoms with Crippen LogP contribution >= 0.6 is 0 Å². The van der Waals surface area contributed by atoms with Crippen molar-refractivity contribution < 1.29 is 26.7 Å². The maximum absolute atomic E-state index is 12.1. The minimum atomic E-state index is -3.44. The molecule has 0 atom stereocenters. The van der Waals surface area contributed by atoms with Gasteiger partial charge in [-0.2, -0.15) is 25.8 Å². The molecule has 0 radical (unpaired) electrons. The van der Waals surface area contributed by atoms with Gasteiger partial charge in [0.25, 0.3) is 10.2 Å². The number of anilines is 1. The summed E-state index contributed by atoms with van der Waals surface area (Å²) in [7, 11) is -0.481. The van der Waals surface area contributed by atoms with Gasteiger partial charge in [-0.05, 0) is 24.3 Å². The molecular weight excluding hydrogens is 370 g/mol. The van der Waals surface area contributed by atoms with E-state index in [9.17, 15) is 22.0 Å². The number of halogens is 2. The van der Waals surface area contributed by atoms with Crippen molar-refractivity contribution in [3.8, 4) is 5.75 Å². The van der Waals surface area contributed by atoms with E-state index < -0.39 is 16.8 Å². The Morgan fingerprint density at radius 3 is 2.27 bits per heavy atom. The zero-order valence-electron chi connectivity index (χ0n) is 14.6. The van der Waals surface area contributed by atoms with E-state index in [-0.39, 0.29) is 18.2 Å². The highest BCUT2D eigenvalue weighted by atomic mass is 32.2. The van der Waals surface area contributed by atoms with Gasteiger partial charge < -0.3 is 10.1 Å². The van der Waals surface area contributed by atoms with Crippen LogP contribution in [0.1, 0.15) is 0 Å². The topological polar surface area (TPSA) is 82.2 Å². The first kappa shape index (κ1) is 20.5. The molecule has 0 spiro atoms. The number of hydrogen-bond acceptors (Lipinski definition) is 5. The molecule has 11 heteroatoms. The van der Waals surface area contributed by atoms with Crippen LogP contribution in [0.25, 0.3) is 0 Å². The van der Waals surface area contributed by atoms with E-state index in [2.05, 4.69) is 10.1 Å². The molecule has 1 aliphatic rings. The molecule has 2 rings (SSSR count). The fraction of sp³-hybridized carbons (Fsp3) is 0.533. The molecule has 1 amide bonds. The molecule has 1 aromatic rings. The molecule has 1 aliphatic heterocycles. The van der Waals surface area contributed by atoms with Gasteiger partial charge in [-0.1, -0.05) is 0 Å². The predicted molar refractivity (Wildman–Crippen MR) is 92.3 cm³/mol. The smallest absolute Gasteiger partial charge is 0.387 e. The fourth-order valence-corrected chi connectivity index (χ4v) is 3.56. The van der Waals surface area contributed by atoms with Gasteiger partial charge in [-0.15, -0.1) is 0 Å².